The number of nitriles is 1. The standard InChI is InChI=1S/C26H38N4O4/c1-17-9-21-22(10-19(17)11-27)30(16-26(21,6)7)23(31)14-28-12-18(2)29(13-20(28)15-33-8)24(32)34-25(3,4)5/h9-10,18,20H,12-16H2,1-8H3/t18-,20-/m1/s1. The maximum Gasteiger partial charge on any atom is 0.410 e. The predicted octanol–water partition coefficient (Wildman–Crippen LogP) is 3.45. The lowest BCUT2D eigenvalue weighted by molar-refractivity contribution is -0.121. The zero-order valence-electron chi connectivity index (χ0n) is 21.8. The van der Waals surface area contributed by atoms with Crippen molar-refractivity contribution in [2.24, 2.45) is 0 Å². The Labute approximate surface area is 203 Å². The fraction of sp³-hybridized carbons (Fsp3) is 0.654. The molecule has 3 rings (SSSR count). The third kappa shape index (κ3) is 5.37. The molecular weight excluding hydrogens is 432 g/mol. The number of amides is 2. The Kier molecular flexibility index (Phi) is 7.30. The quantitative estimate of drug-likeness (QED) is 0.670. The lowest BCUT2D eigenvalue weighted by Crippen LogP contribution is -2.62. The highest BCUT2D eigenvalue weighted by molar-refractivity contribution is 5.98. The van der Waals surface area contributed by atoms with Gasteiger partial charge in [-0.1, -0.05) is 19.9 Å². The Hall–Kier alpha value is -2.63. The summed E-state index contributed by atoms with van der Waals surface area (Å²) in [5.41, 5.74) is 2.66. The maximum absolute atomic E-state index is 13.6. The highest BCUT2D eigenvalue weighted by Gasteiger charge is 2.41. The van der Waals surface area contributed by atoms with Gasteiger partial charge in [0.1, 0.15) is 5.60 Å². The second kappa shape index (κ2) is 9.55. The van der Waals surface area contributed by atoms with Crippen LogP contribution in [0.15, 0.2) is 12.1 Å². The zero-order chi connectivity index (χ0) is 25.4. The van der Waals surface area contributed by atoms with Gasteiger partial charge in [0.15, 0.2) is 0 Å². The summed E-state index contributed by atoms with van der Waals surface area (Å²) < 4.78 is 11.0. The van der Waals surface area contributed by atoms with Crippen molar-refractivity contribution in [3.63, 3.8) is 0 Å². The van der Waals surface area contributed by atoms with Gasteiger partial charge in [0.2, 0.25) is 5.91 Å². The molecular formula is C26H38N4O4. The number of hydrogen-bond acceptors (Lipinski definition) is 6. The van der Waals surface area contributed by atoms with E-state index in [1.807, 2.05) is 51.7 Å². The lowest BCUT2D eigenvalue weighted by Gasteiger charge is -2.45. The van der Waals surface area contributed by atoms with Gasteiger partial charge in [-0.3, -0.25) is 9.69 Å². The van der Waals surface area contributed by atoms with Gasteiger partial charge in [0.25, 0.3) is 0 Å². The highest BCUT2D eigenvalue weighted by Crippen LogP contribution is 2.42. The minimum atomic E-state index is -0.572. The van der Waals surface area contributed by atoms with Crippen LogP contribution in [-0.4, -0.2) is 79.4 Å². The monoisotopic (exact) mass is 470 g/mol. The summed E-state index contributed by atoms with van der Waals surface area (Å²) >= 11 is 0. The van der Waals surface area contributed by atoms with E-state index in [2.05, 4.69) is 24.8 Å². The molecule has 186 valence electrons. The first-order chi connectivity index (χ1) is 15.8. The SMILES string of the molecule is COC[C@H]1CN(C(=O)OC(C)(C)C)[C@H](C)CN1CC(=O)N1CC(C)(C)c2cc(C)c(C#N)cc21. The Morgan fingerprint density at radius 3 is 2.50 bits per heavy atom. The van der Waals surface area contributed by atoms with Gasteiger partial charge < -0.3 is 19.3 Å². The first-order valence-corrected chi connectivity index (χ1v) is 11.9. The number of anilines is 1. The summed E-state index contributed by atoms with van der Waals surface area (Å²) in [6.45, 7) is 15.9. The van der Waals surface area contributed by atoms with E-state index in [1.54, 1.807) is 12.0 Å². The Balaban J connectivity index is 1.80. The van der Waals surface area contributed by atoms with Crippen molar-refractivity contribution < 1.29 is 19.1 Å². The molecule has 1 saturated heterocycles. The fourth-order valence-corrected chi connectivity index (χ4v) is 4.86. The summed E-state index contributed by atoms with van der Waals surface area (Å²) in [7, 11) is 1.63. The van der Waals surface area contributed by atoms with E-state index in [-0.39, 0.29) is 36.0 Å². The van der Waals surface area contributed by atoms with E-state index < -0.39 is 5.60 Å². The summed E-state index contributed by atoms with van der Waals surface area (Å²) in [5, 5.41) is 9.51. The molecule has 1 aromatic carbocycles. The van der Waals surface area contributed by atoms with Gasteiger partial charge in [-0.2, -0.15) is 5.26 Å². The Morgan fingerprint density at radius 2 is 1.91 bits per heavy atom. The van der Waals surface area contributed by atoms with Crippen LogP contribution in [0.2, 0.25) is 0 Å². The molecule has 8 heteroatoms. The molecule has 0 aromatic heterocycles. The molecule has 0 bridgehead atoms. The van der Waals surface area contributed by atoms with Crippen molar-refractivity contribution >= 4 is 17.7 Å². The van der Waals surface area contributed by atoms with Crippen molar-refractivity contribution in [2.75, 3.05) is 44.8 Å². The van der Waals surface area contributed by atoms with Gasteiger partial charge in [-0.05, 0) is 51.8 Å². The van der Waals surface area contributed by atoms with Gasteiger partial charge in [0, 0.05) is 43.9 Å². The molecule has 34 heavy (non-hydrogen) atoms. The summed E-state index contributed by atoms with van der Waals surface area (Å²) in [4.78, 5) is 32.0. The number of aryl methyl sites for hydroxylation is 1. The number of methoxy groups -OCH3 is 1. The van der Waals surface area contributed by atoms with Gasteiger partial charge in [0.05, 0.1) is 30.8 Å². The Bertz CT molecular complexity index is 992. The molecule has 0 saturated carbocycles. The van der Waals surface area contributed by atoms with Crippen molar-refractivity contribution in [1.29, 1.82) is 5.26 Å². The van der Waals surface area contributed by atoms with Crippen molar-refractivity contribution in [1.82, 2.24) is 9.80 Å². The van der Waals surface area contributed by atoms with E-state index in [0.29, 0.717) is 31.8 Å². The topological polar surface area (TPSA) is 86.1 Å². The molecule has 8 nitrogen and oxygen atoms in total. The largest absolute Gasteiger partial charge is 0.444 e. The van der Waals surface area contributed by atoms with E-state index >= 15 is 0 Å². The van der Waals surface area contributed by atoms with Gasteiger partial charge >= 0.3 is 6.09 Å². The third-order valence-electron chi connectivity index (χ3n) is 6.62. The molecule has 2 aliphatic heterocycles. The first-order valence-electron chi connectivity index (χ1n) is 11.9. The number of hydrogen-bond donors (Lipinski definition) is 0. The van der Waals surface area contributed by atoms with Crippen LogP contribution in [0.4, 0.5) is 10.5 Å². The van der Waals surface area contributed by atoms with E-state index in [0.717, 1.165) is 16.8 Å². The van der Waals surface area contributed by atoms with Crippen molar-refractivity contribution in [3.8, 4) is 6.07 Å². The van der Waals surface area contributed by atoms with E-state index in [4.69, 9.17) is 9.47 Å². The molecule has 1 aromatic rings. The van der Waals surface area contributed by atoms with Crippen LogP contribution >= 0.6 is 0 Å². The number of benzene rings is 1. The average molecular weight is 471 g/mol. The fourth-order valence-electron chi connectivity index (χ4n) is 4.86. The molecule has 0 spiro atoms. The molecule has 2 heterocycles. The number of piperazine rings is 1. The second-order valence-corrected chi connectivity index (χ2v) is 11.2. The molecule has 0 N–H and O–H groups in total. The number of carbonyl (C=O) groups excluding carboxylic acids is 2. The van der Waals surface area contributed by atoms with Crippen molar-refractivity contribution in [3.05, 3.63) is 28.8 Å². The number of nitrogens with zero attached hydrogens (tertiary/aromatic N) is 4. The summed E-state index contributed by atoms with van der Waals surface area (Å²) in [6.07, 6.45) is -0.346. The zero-order valence-corrected chi connectivity index (χ0v) is 21.8. The minimum Gasteiger partial charge on any atom is -0.444 e. The molecule has 0 unspecified atom stereocenters. The van der Waals surface area contributed by atoms with Crippen LogP contribution in [0.1, 0.15) is 58.2 Å². The predicted molar refractivity (Wildman–Crippen MR) is 131 cm³/mol. The molecule has 1 fully saturated rings. The van der Waals surface area contributed by atoms with Crippen LogP contribution in [0.3, 0.4) is 0 Å². The third-order valence-corrected chi connectivity index (χ3v) is 6.62. The van der Waals surface area contributed by atoms with Crippen LogP contribution in [0.5, 0.6) is 0 Å². The first kappa shape index (κ1) is 26.0. The van der Waals surface area contributed by atoms with Crippen LogP contribution in [-0.2, 0) is 19.7 Å². The number of ether oxygens (including phenoxy) is 2. The normalized spacial score (nSPS) is 22.3. The molecule has 2 atom stereocenters. The van der Waals surface area contributed by atoms with E-state index in [1.165, 1.54) is 0 Å². The van der Waals surface area contributed by atoms with Gasteiger partial charge in [-0.25, -0.2) is 4.79 Å². The van der Waals surface area contributed by atoms with E-state index in [9.17, 15) is 14.9 Å². The molecule has 0 aliphatic carbocycles. The van der Waals surface area contributed by atoms with Crippen LogP contribution in [0.25, 0.3) is 0 Å². The smallest absolute Gasteiger partial charge is 0.410 e. The lowest BCUT2D eigenvalue weighted by atomic mass is 9.85. The number of rotatable bonds is 4. The minimum absolute atomic E-state index is 0.0152. The Morgan fingerprint density at radius 1 is 1.24 bits per heavy atom. The summed E-state index contributed by atoms with van der Waals surface area (Å²) in [6, 6.07) is 5.89. The molecule has 0 radical (unpaired) electrons. The molecule has 2 aliphatic rings. The number of fused-ring (bicyclic) bond motifs is 1. The highest BCUT2D eigenvalue weighted by atomic mass is 16.6. The van der Waals surface area contributed by atoms with Crippen LogP contribution < -0.4 is 4.90 Å². The second-order valence-electron chi connectivity index (χ2n) is 11.2. The van der Waals surface area contributed by atoms with Crippen LogP contribution in [0, 0.1) is 18.3 Å². The average Bonchev–Trinajstić information content (AvgIpc) is 2.98. The number of carbonyl (C=O) groups is 2. The maximum atomic E-state index is 13.6. The molecule has 2 amide bonds. The van der Waals surface area contributed by atoms with Crippen molar-refractivity contribution in [2.45, 2.75) is 71.6 Å². The summed E-state index contributed by atoms with van der Waals surface area (Å²) in [5.74, 6) is -0.0152. The van der Waals surface area contributed by atoms with Gasteiger partial charge in [-0.15, -0.1) is 0 Å².